The number of Topliss-reactive ketones (excluding diaryl/α,β-unsaturated/α-hetero) is 1. The Morgan fingerprint density at radius 3 is 2.18 bits per heavy atom. The van der Waals surface area contributed by atoms with Gasteiger partial charge in [0.15, 0.2) is 0 Å². The van der Waals surface area contributed by atoms with Crippen molar-refractivity contribution in [1.82, 2.24) is 15.5 Å². The highest BCUT2D eigenvalue weighted by Gasteiger charge is 2.63. The van der Waals surface area contributed by atoms with Gasteiger partial charge >= 0.3 is 5.97 Å². The van der Waals surface area contributed by atoms with E-state index in [1.165, 1.54) is 64.2 Å². The van der Waals surface area contributed by atoms with Gasteiger partial charge in [-0.3, -0.25) is 25.1 Å². The van der Waals surface area contributed by atoms with Gasteiger partial charge in [-0.25, -0.2) is 0 Å². The number of carbonyl (C=O) groups is 2. The third-order valence-corrected chi connectivity index (χ3v) is 13.8. The number of hydrogen-bond donors (Lipinski definition) is 4. The first-order chi connectivity index (χ1) is 27.3. The average molecular weight is 786 g/mol. The maximum Gasteiger partial charge on any atom is 0.314 e. The molecule has 10 heteroatoms. The van der Waals surface area contributed by atoms with Crippen molar-refractivity contribution in [3.8, 4) is 0 Å². The van der Waals surface area contributed by atoms with Gasteiger partial charge < -0.3 is 25.7 Å². The van der Waals surface area contributed by atoms with Crippen LogP contribution in [0.4, 0.5) is 0 Å². The van der Waals surface area contributed by atoms with Gasteiger partial charge in [0, 0.05) is 30.8 Å². The molecule has 6 N–H and O–H groups in total. The molecule has 5 rings (SSSR count). The van der Waals surface area contributed by atoms with Crippen LogP contribution in [0.25, 0.3) is 0 Å². The van der Waals surface area contributed by atoms with E-state index in [0.717, 1.165) is 116 Å². The largest absolute Gasteiger partial charge is 0.465 e. The molecule has 5 aliphatic rings. The number of ketones is 1. The Morgan fingerprint density at radius 2 is 1.50 bits per heavy atom. The summed E-state index contributed by atoms with van der Waals surface area (Å²) in [7, 11) is 0. The van der Waals surface area contributed by atoms with Crippen LogP contribution in [-0.2, 0) is 23.8 Å². The van der Waals surface area contributed by atoms with Crippen LogP contribution in [0, 0.1) is 11.8 Å². The maximum atomic E-state index is 14.1. The quantitative estimate of drug-likeness (QED) is 0.0383. The molecule has 0 saturated carbocycles. The van der Waals surface area contributed by atoms with Crippen LogP contribution in [0.1, 0.15) is 194 Å². The Bertz CT molecular complexity index is 1190. The van der Waals surface area contributed by atoms with Gasteiger partial charge in [0.2, 0.25) is 0 Å². The van der Waals surface area contributed by atoms with Gasteiger partial charge in [0.25, 0.3) is 0 Å². The van der Waals surface area contributed by atoms with Gasteiger partial charge in [0.1, 0.15) is 29.4 Å². The molecule has 2 spiro atoms. The van der Waals surface area contributed by atoms with Crippen LogP contribution in [-0.4, -0.2) is 78.4 Å². The number of carbonyl (C=O) groups excluding carboxylic acids is 2. The molecule has 322 valence electrons. The molecule has 10 nitrogen and oxygen atoms in total. The fourth-order valence-electron chi connectivity index (χ4n) is 10.8. The minimum atomic E-state index is -0.715. The van der Waals surface area contributed by atoms with Crippen molar-refractivity contribution in [3.63, 3.8) is 0 Å². The SMILES string of the molecule is CC[C@H]1C=CCC[C@@]2(C[C@@H]3CC[C@@H]4[C@H](C(=O)OCCCCCCCCCCCCCCCC(=O)C(CCCN)CCCCN)[C@]5(CCC[C@@H](C)O5)NC(N2)N34)O1. The molecule has 2 unspecified atom stereocenters. The van der Waals surface area contributed by atoms with E-state index in [4.69, 9.17) is 25.7 Å². The highest BCUT2D eigenvalue weighted by molar-refractivity contribution is 5.80. The number of unbranched alkanes of at least 4 members (excludes halogenated alkanes) is 13. The summed E-state index contributed by atoms with van der Waals surface area (Å²) in [4.78, 5) is 29.4. The van der Waals surface area contributed by atoms with Crippen LogP contribution in [0.3, 0.4) is 0 Å². The summed E-state index contributed by atoms with van der Waals surface area (Å²) in [6, 6.07) is 0.482. The second-order valence-corrected chi connectivity index (χ2v) is 18.2. The highest BCUT2D eigenvalue weighted by atomic mass is 16.6. The molecule has 0 aromatic rings. The van der Waals surface area contributed by atoms with Crippen molar-refractivity contribution in [2.24, 2.45) is 23.3 Å². The van der Waals surface area contributed by atoms with Crippen LogP contribution in [0.2, 0.25) is 0 Å². The number of esters is 1. The van der Waals surface area contributed by atoms with E-state index in [9.17, 15) is 9.59 Å². The number of hydrogen-bond acceptors (Lipinski definition) is 10. The molecule has 0 radical (unpaired) electrons. The van der Waals surface area contributed by atoms with Crippen LogP contribution < -0.4 is 22.1 Å². The summed E-state index contributed by atoms with van der Waals surface area (Å²) in [6.45, 7) is 6.23. The fraction of sp³-hybridized carbons (Fsp3) is 0.913. The Kier molecular flexibility index (Phi) is 19.6. The molecule has 0 aliphatic carbocycles. The molecule has 56 heavy (non-hydrogen) atoms. The molecule has 0 aromatic heterocycles. The molecule has 9 atom stereocenters. The zero-order valence-corrected chi connectivity index (χ0v) is 35.8. The lowest BCUT2D eigenvalue weighted by Gasteiger charge is -2.60. The van der Waals surface area contributed by atoms with Crippen molar-refractivity contribution in [2.45, 2.75) is 236 Å². The number of nitrogens with zero attached hydrogens (tertiary/aromatic N) is 1. The van der Waals surface area contributed by atoms with E-state index in [2.05, 4.69) is 41.5 Å². The molecule has 0 bridgehead atoms. The molecule has 5 heterocycles. The third-order valence-electron chi connectivity index (χ3n) is 13.8. The second-order valence-electron chi connectivity index (χ2n) is 18.2. The molecule has 4 saturated heterocycles. The first-order valence-electron chi connectivity index (χ1n) is 23.8. The van der Waals surface area contributed by atoms with Gasteiger partial charge in [-0.05, 0) is 110 Å². The average Bonchev–Trinajstić information content (AvgIpc) is 3.49. The number of nitrogens with one attached hydrogen (secondary N) is 2. The molecule has 5 aliphatic heterocycles. The highest BCUT2D eigenvalue weighted by Crippen LogP contribution is 2.49. The van der Waals surface area contributed by atoms with Crippen LogP contribution in [0.5, 0.6) is 0 Å². The van der Waals surface area contributed by atoms with Gasteiger partial charge in [-0.2, -0.15) is 0 Å². The molecule has 4 fully saturated rings. The van der Waals surface area contributed by atoms with E-state index in [-0.39, 0.29) is 48.1 Å². The third kappa shape index (κ3) is 13.0. The molecule has 0 aromatic carbocycles. The number of rotatable bonds is 26. The number of nitrogens with two attached hydrogens (primary N) is 2. The van der Waals surface area contributed by atoms with Gasteiger partial charge in [0.05, 0.1) is 18.8 Å². The number of allylic oxidation sites excluding steroid dienone is 1. The van der Waals surface area contributed by atoms with E-state index in [1.807, 2.05) is 0 Å². The van der Waals surface area contributed by atoms with E-state index in [0.29, 0.717) is 31.5 Å². The monoisotopic (exact) mass is 786 g/mol. The van der Waals surface area contributed by atoms with Crippen molar-refractivity contribution in [3.05, 3.63) is 12.2 Å². The summed E-state index contributed by atoms with van der Waals surface area (Å²) in [5.41, 5.74) is 10.3. The van der Waals surface area contributed by atoms with E-state index in [1.54, 1.807) is 0 Å². The van der Waals surface area contributed by atoms with Crippen LogP contribution >= 0.6 is 0 Å². The van der Waals surface area contributed by atoms with Crippen molar-refractivity contribution in [1.29, 1.82) is 0 Å². The number of ether oxygens (including phenoxy) is 3. The van der Waals surface area contributed by atoms with Crippen molar-refractivity contribution in [2.75, 3.05) is 19.7 Å². The van der Waals surface area contributed by atoms with Crippen molar-refractivity contribution < 1.29 is 23.8 Å². The zero-order chi connectivity index (χ0) is 39.6. The standard InChI is InChI=1S/C46H83N5O5/c1-3-39-26-16-18-30-45(56-39)35-38-28-29-40-42(46(31-21-23-36(2)55-46)50-44(49-45)51(38)40)43(53)54-34-20-14-12-10-8-6-4-5-7-9-11-13-15-27-41(52)37(25-22-33-48)24-17-19-32-47/h16,26,36-40,42,44,49-50H,3-15,17-25,27-35,47-48H2,1-2H3/t36-,37?,38+,39+,40-,42-,44?,45+,46-/m1/s1. The zero-order valence-electron chi connectivity index (χ0n) is 35.8. The fourth-order valence-corrected chi connectivity index (χ4v) is 10.8. The Labute approximate surface area is 341 Å². The predicted octanol–water partition coefficient (Wildman–Crippen LogP) is 8.50. The Hall–Kier alpha value is -1.40. The lowest BCUT2D eigenvalue weighted by atomic mass is 9.79. The normalized spacial score (nSPS) is 32.1. The topological polar surface area (TPSA) is 141 Å². The lowest BCUT2D eigenvalue weighted by Crippen LogP contribution is -2.81. The molecule has 0 amide bonds. The summed E-state index contributed by atoms with van der Waals surface area (Å²) in [5, 5.41) is 7.85. The van der Waals surface area contributed by atoms with E-state index < -0.39 is 5.72 Å². The van der Waals surface area contributed by atoms with Crippen molar-refractivity contribution >= 4 is 11.8 Å². The van der Waals surface area contributed by atoms with Gasteiger partial charge in [-0.1, -0.05) is 96.1 Å². The molecular formula is C46H83N5O5. The minimum absolute atomic E-state index is 0.0774. The predicted molar refractivity (Wildman–Crippen MR) is 226 cm³/mol. The maximum absolute atomic E-state index is 14.1. The van der Waals surface area contributed by atoms with Crippen LogP contribution in [0.15, 0.2) is 12.2 Å². The Morgan fingerprint density at radius 1 is 0.821 bits per heavy atom. The van der Waals surface area contributed by atoms with Gasteiger partial charge in [-0.15, -0.1) is 0 Å². The summed E-state index contributed by atoms with van der Waals surface area (Å²) in [5.74, 6) is 0.243. The smallest absolute Gasteiger partial charge is 0.314 e. The first kappa shape index (κ1) is 45.7. The Balaban J connectivity index is 0.933. The minimum Gasteiger partial charge on any atom is -0.465 e. The summed E-state index contributed by atoms with van der Waals surface area (Å²) >= 11 is 0. The second kappa shape index (κ2) is 24.0. The lowest BCUT2D eigenvalue weighted by molar-refractivity contribution is -0.255. The summed E-state index contributed by atoms with van der Waals surface area (Å²) in [6.07, 6.45) is 35.0. The molecular weight excluding hydrogens is 703 g/mol. The van der Waals surface area contributed by atoms with E-state index >= 15 is 0 Å². The first-order valence-corrected chi connectivity index (χ1v) is 23.8. The summed E-state index contributed by atoms with van der Waals surface area (Å²) < 4.78 is 19.8.